The number of carbonyl (C=O) groups is 1. The van der Waals surface area contributed by atoms with Gasteiger partial charge in [0.25, 0.3) is 0 Å². The molecule has 1 aromatic rings. The van der Waals surface area contributed by atoms with Gasteiger partial charge in [-0.15, -0.1) is 0 Å². The minimum Gasteiger partial charge on any atom is -0.467 e. The lowest BCUT2D eigenvalue weighted by atomic mass is 10.2. The average Bonchev–Trinajstić information content (AvgIpc) is 2.68. The Bertz CT molecular complexity index is 532. The van der Waals surface area contributed by atoms with Crippen molar-refractivity contribution in [1.82, 2.24) is 14.7 Å². The van der Waals surface area contributed by atoms with Gasteiger partial charge in [-0.2, -0.15) is 0 Å². The Hall–Kier alpha value is -1.47. The zero-order valence-electron chi connectivity index (χ0n) is 15.1. The Morgan fingerprint density at radius 2 is 1.72 bits per heavy atom. The van der Waals surface area contributed by atoms with Gasteiger partial charge in [-0.25, -0.2) is 4.79 Å². The van der Waals surface area contributed by atoms with Crippen molar-refractivity contribution in [3.8, 4) is 0 Å². The summed E-state index contributed by atoms with van der Waals surface area (Å²) in [5, 5.41) is 0. The molecule has 3 rings (SSSR count). The molecule has 0 saturated carbocycles. The minimum absolute atomic E-state index is 0.265. The third-order valence-electron chi connectivity index (χ3n) is 5.06. The van der Waals surface area contributed by atoms with E-state index in [0.717, 1.165) is 52.4 Å². The summed E-state index contributed by atoms with van der Waals surface area (Å²) in [5.74, 6) is -0.265. The van der Waals surface area contributed by atoms with E-state index in [0.29, 0.717) is 13.2 Å². The van der Waals surface area contributed by atoms with Crippen molar-refractivity contribution in [1.29, 1.82) is 0 Å². The zero-order chi connectivity index (χ0) is 17.5. The van der Waals surface area contributed by atoms with Crippen LogP contribution in [0.5, 0.6) is 0 Å². The van der Waals surface area contributed by atoms with Crippen LogP contribution in [0.2, 0.25) is 0 Å². The fourth-order valence-corrected chi connectivity index (χ4v) is 3.48. The summed E-state index contributed by atoms with van der Waals surface area (Å²) >= 11 is 0. The van der Waals surface area contributed by atoms with E-state index in [1.807, 2.05) is 0 Å². The summed E-state index contributed by atoms with van der Waals surface area (Å²) in [6.07, 6.45) is -0.429. The normalized spacial score (nSPS) is 23.5. The van der Waals surface area contributed by atoms with Crippen molar-refractivity contribution in [2.45, 2.75) is 12.6 Å². The van der Waals surface area contributed by atoms with E-state index < -0.39 is 6.10 Å². The molecule has 0 spiro atoms. The van der Waals surface area contributed by atoms with Gasteiger partial charge in [-0.05, 0) is 5.56 Å². The van der Waals surface area contributed by atoms with Crippen molar-refractivity contribution in [3.05, 3.63) is 35.9 Å². The summed E-state index contributed by atoms with van der Waals surface area (Å²) in [5.41, 5.74) is 1.39. The van der Waals surface area contributed by atoms with Crippen LogP contribution in [0.1, 0.15) is 5.56 Å². The number of ether oxygens (including phenoxy) is 2. The van der Waals surface area contributed by atoms with Crippen LogP contribution in [0.3, 0.4) is 0 Å². The molecular formula is C19H29N3O3. The van der Waals surface area contributed by atoms with Gasteiger partial charge in [-0.3, -0.25) is 14.7 Å². The molecule has 0 aliphatic carbocycles. The SMILES string of the molecule is COC(=O)C1CN(CCN2CCN(Cc3ccccc3)CC2)CCO1. The molecule has 0 aromatic heterocycles. The third kappa shape index (κ3) is 5.51. The highest BCUT2D eigenvalue weighted by Crippen LogP contribution is 2.10. The van der Waals surface area contributed by atoms with E-state index in [2.05, 4.69) is 45.0 Å². The van der Waals surface area contributed by atoms with E-state index in [-0.39, 0.29) is 5.97 Å². The number of morpholine rings is 1. The van der Waals surface area contributed by atoms with Crippen molar-refractivity contribution in [2.24, 2.45) is 0 Å². The molecular weight excluding hydrogens is 318 g/mol. The fourth-order valence-electron chi connectivity index (χ4n) is 3.48. The highest BCUT2D eigenvalue weighted by molar-refractivity contribution is 5.74. The second-order valence-corrected chi connectivity index (χ2v) is 6.79. The second-order valence-electron chi connectivity index (χ2n) is 6.79. The van der Waals surface area contributed by atoms with Crippen LogP contribution in [-0.4, -0.2) is 92.8 Å². The lowest BCUT2D eigenvalue weighted by molar-refractivity contribution is -0.159. The van der Waals surface area contributed by atoms with E-state index in [1.165, 1.54) is 12.7 Å². The van der Waals surface area contributed by atoms with Gasteiger partial charge in [-0.1, -0.05) is 30.3 Å². The molecule has 1 aromatic carbocycles. The summed E-state index contributed by atoms with van der Waals surface area (Å²) < 4.78 is 10.3. The Morgan fingerprint density at radius 3 is 2.44 bits per heavy atom. The Kier molecular flexibility index (Phi) is 6.81. The number of benzene rings is 1. The molecule has 2 heterocycles. The van der Waals surface area contributed by atoms with Crippen molar-refractivity contribution < 1.29 is 14.3 Å². The van der Waals surface area contributed by atoms with Gasteiger partial charge in [0, 0.05) is 58.9 Å². The number of methoxy groups -OCH3 is 1. The van der Waals surface area contributed by atoms with Crippen LogP contribution in [-0.2, 0) is 20.8 Å². The monoisotopic (exact) mass is 347 g/mol. The first-order chi connectivity index (χ1) is 12.2. The third-order valence-corrected chi connectivity index (χ3v) is 5.06. The minimum atomic E-state index is -0.429. The highest BCUT2D eigenvalue weighted by atomic mass is 16.6. The molecule has 0 amide bonds. The number of hydrogen-bond donors (Lipinski definition) is 0. The predicted octanol–water partition coefficient (Wildman–Crippen LogP) is 0.678. The number of esters is 1. The predicted molar refractivity (Wildman–Crippen MR) is 96.4 cm³/mol. The van der Waals surface area contributed by atoms with Gasteiger partial charge >= 0.3 is 5.97 Å². The first-order valence-electron chi connectivity index (χ1n) is 9.15. The number of carbonyl (C=O) groups excluding carboxylic acids is 1. The number of piperazine rings is 1. The van der Waals surface area contributed by atoms with Crippen molar-refractivity contribution in [2.75, 3.05) is 66.1 Å². The van der Waals surface area contributed by atoms with Crippen LogP contribution in [0.4, 0.5) is 0 Å². The first-order valence-corrected chi connectivity index (χ1v) is 9.15. The maximum Gasteiger partial charge on any atom is 0.336 e. The standard InChI is InChI=1S/C19H29N3O3/c1-24-19(23)18-16-22(13-14-25-18)12-9-20-7-10-21(11-8-20)15-17-5-3-2-4-6-17/h2-6,18H,7-16H2,1H3. The lowest BCUT2D eigenvalue weighted by Crippen LogP contribution is -2.51. The largest absolute Gasteiger partial charge is 0.467 e. The molecule has 25 heavy (non-hydrogen) atoms. The molecule has 2 aliphatic rings. The van der Waals surface area contributed by atoms with E-state index in [1.54, 1.807) is 0 Å². The summed E-state index contributed by atoms with van der Waals surface area (Å²) in [7, 11) is 1.42. The molecule has 0 radical (unpaired) electrons. The quantitative estimate of drug-likeness (QED) is 0.705. The van der Waals surface area contributed by atoms with Crippen LogP contribution >= 0.6 is 0 Å². The Balaban J connectivity index is 1.36. The van der Waals surface area contributed by atoms with Crippen LogP contribution in [0.15, 0.2) is 30.3 Å². The average molecular weight is 347 g/mol. The summed E-state index contributed by atoms with van der Waals surface area (Å²) in [6, 6.07) is 10.7. The van der Waals surface area contributed by atoms with Gasteiger partial charge in [0.05, 0.1) is 13.7 Å². The Labute approximate surface area is 150 Å². The van der Waals surface area contributed by atoms with Gasteiger partial charge in [0.15, 0.2) is 6.10 Å². The van der Waals surface area contributed by atoms with Crippen LogP contribution < -0.4 is 0 Å². The molecule has 138 valence electrons. The van der Waals surface area contributed by atoms with Crippen LogP contribution in [0.25, 0.3) is 0 Å². The van der Waals surface area contributed by atoms with E-state index in [4.69, 9.17) is 9.47 Å². The molecule has 2 aliphatic heterocycles. The van der Waals surface area contributed by atoms with Crippen molar-refractivity contribution in [3.63, 3.8) is 0 Å². The molecule has 1 atom stereocenters. The topological polar surface area (TPSA) is 45.2 Å². The number of nitrogens with zero attached hydrogens (tertiary/aromatic N) is 3. The smallest absolute Gasteiger partial charge is 0.336 e. The summed E-state index contributed by atoms with van der Waals surface area (Å²) in [4.78, 5) is 19.0. The van der Waals surface area contributed by atoms with Gasteiger partial charge in [0.2, 0.25) is 0 Å². The highest BCUT2D eigenvalue weighted by Gasteiger charge is 2.27. The molecule has 6 nitrogen and oxygen atoms in total. The molecule has 2 saturated heterocycles. The molecule has 1 unspecified atom stereocenters. The maximum atomic E-state index is 11.6. The number of hydrogen-bond acceptors (Lipinski definition) is 6. The molecule has 0 N–H and O–H groups in total. The molecule has 6 heteroatoms. The molecule has 2 fully saturated rings. The van der Waals surface area contributed by atoms with E-state index >= 15 is 0 Å². The summed E-state index contributed by atoms with van der Waals surface area (Å²) in [6.45, 7) is 9.65. The zero-order valence-corrected chi connectivity index (χ0v) is 15.1. The Morgan fingerprint density at radius 1 is 1.04 bits per heavy atom. The second kappa shape index (κ2) is 9.29. The van der Waals surface area contributed by atoms with Crippen LogP contribution in [0, 0.1) is 0 Å². The fraction of sp³-hybridized carbons (Fsp3) is 0.632. The number of rotatable bonds is 6. The van der Waals surface area contributed by atoms with Crippen molar-refractivity contribution >= 4 is 5.97 Å². The lowest BCUT2D eigenvalue weighted by Gasteiger charge is -2.37. The maximum absolute atomic E-state index is 11.6. The van der Waals surface area contributed by atoms with Gasteiger partial charge in [0.1, 0.15) is 0 Å². The van der Waals surface area contributed by atoms with Gasteiger partial charge < -0.3 is 9.47 Å². The molecule has 0 bridgehead atoms. The first kappa shape index (κ1) is 18.3. The van der Waals surface area contributed by atoms with E-state index in [9.17, 15) is 4.79 Å².